The molecule has 2 amide bonds. The number of fused-ring (bicyclic) bond motifs is 1. The number of hydrogen-bond donors (Lipinski definition) is 2. The summed E-state index contributed by atoms with van der Waals surface area (Å²) >= 11 is 1.00. The minimum Gasteiger partial charge on any atom is -0.459 e. The van der Waals surface area contributed by atoms with Crippen LogP contribution in [0.2, 0.25) is 0 Å². The highest BCUT2D eigenvalue weighted by atomic mass is 32.1. The maximum Gasteiger partial charge on any atom is 0.341 e. The summed E-state index contributed by atoms with van der Waals surface area (Å²) in [5.74, 6) is -1.49. The molecular formula is C22H27N3O4S. The van der Waals surface area contributed by atoms with Crippen LogP contribution in [0.1, 0.15) is 57.0 Å². The molecule has 0 spiro atoms. The predicted octanol–water partition coefficient (Wildman–Crippen LogP) is 3.42. The smallest absolute Gasteiger partial charge is 0.341 e. The highest BCUT2D eigenvalue weighted by Crippen LogP contribution is 2.34. The Morgan fingerprint density at radius 2 is 2.00 bits per heavy atom. The summed E-state index contributed by atoms with van der Waals surface area (Å²) in [5.41, 5.74) is 9.54. The molecule has 1 aromatic carbocycles. The molecule has 2 heterocycles. The summed E-state index contributed by atoms with van der Waals surface area (Å²) in [7, 11) is 0. The van der Waals surface area contributed by atoms with Gasteiger partial charge in [0, 0.05) is 12.2 Å². The maximum atomic E-state index is 12.8. The number of nitrogens with zero attached hydrogens (tertiary/aromatic N) is 1. The number of esters is 1. The number of aryl methyl sites for hydroxylation is 2. The lowest BCUT2D eigenvalue weighted by Gasteiger charge is -2.31. The highest BCUT2D eigenvalue weighted by Gasteiger charge is 2.27. The lowest BCUT2D eigenvalue weighted by atomic mass is 9.99. The molecule has 0 unspecified atom stereocenters. The molecule has 0 radical (unpaired) electrons. The van der Waals surface area contributed by atoms with Gasteiger partial charge in [0.15, 0.2) is 0 Å². The van der Waals surface area contributed by atoms with Crippen LogP contribution in [0.15, 0.2) is 18.2 Å². The van der Waals surface area contributed by atoms with Crippen molar-refractivity contribution in [3.05, 3.63) is 45.3 Å². The summed E-state index contributed by atoms with van der Waals surface area (Å²) in [6, 6.07) is 6.24. The summed E-state index contributed by atoms with van der Waals surface area (Å²) in [6.45, 7) is 8.09. The van der Waals surface area contributed by atoms with Crippen molar-refractivity contribution in [3.63, 3.8) is 0 Å². The number of ether oxygens (including phenoxy) is 1. The largest absolute Gasteiger partial charge is 0.459 e. The Kier molecular flexibility index (Phi) is 6.45. The first kappa shape index (κ1) is 21.8. The molecular weight excluding hydrogens is 402 g/mol. The molecule has 0 bridgehead atoms. The SMILES string of the molecule is Cc1ccc2c(c1)CCCN2CC(=O)Nc1sc(C(N)=O)c(C)c1C(=O)OC(C)C. The summed E-state index contributed by atoms with van der Waals surface area (Å²) in [6.07, 6.45) is 1.64. The highest BCUT2D eigenvalue weighted by molar-refractivity contribution is 7.18. The monoisotopic (exact) mass is 429 g/mol. The molecule has 0 fully saturated rings. The van der Waals surface area contributed by atoms with Crippen LogP contribution < -0.4 is 16.0 Å². The Morgan fingerprint density at radius 3 is 2.67 bits per heavy atom. The fourth-order valence-electron chi connectivity index (χ4n) is 3.66. The standard InChI is InChI=1S/C22H27N3O4S/c1-12(2)29-22(28)18-14(4)19(20(23)27)30-21(18)24-17(26)11-25-9-5-6-15-10-13(3)7-8-16(15)25/h7-8,10,12H,5-6,9,11H2,1-4H3,(H2,23,27)(H,24,26). The molecule has 3 rings (SSSR count). The fourth-order valence-corrected chi connectivity index (χ4v) is 4.73. The van der Waals surface area contributed by atoms with Crippen LogP contribution in [0.4, 0.5) is 10.7 Å². The van der Waals surface area contributed by atoms with Gasteiger partial charge in [0.25, 0.3) is 5.91 Å². The number of nitrogens with one attached hydrogen (secondary N) is 1. The van der Waals surface area contributed by atoms with Crippen molar-refractivity contribution in [1.29, 1.82) is 0 Å². The van der Waals surface area contributed by atoms with Crippen molar-refractivity contribution >= 4 is 39.8 Å². The minimum absolute atomic E-state index is 0.150. The van der Waals surface area contributed by atoms with Crippen LogP contribution in [0.25, 0.3) is 0 Å². The van der Waals surface area contributed by atoms with E-state index in [1.807, 2.05) is 17.0 Å². The van der Waals surface area contributed by atoms with Crippen LogP contribution in [0, 0.1) is 13.8 Å². The predicted molar refractivity (Wildman–Crippen MR) is 118 cm³/mol. The van der Waals surface area contributed by atoms with Crippen molar-refractivity contribution < 1.29 is 19.1 Å². The van der Waals surface area contributed by atoms with E-state index in [9.17, 15) is 14.4 Å². The van der Waals surface area contributed by atoms with E-state index in [-0.39, 0.29) is 34.0 Å². The zero-order valence-corrected chi connectivity index (χ0v) is 18.5. The summed E-state index contributed by atoms with van der Waals surface area (Å²) in [4.78, 5) is 39.4. The van der Waals surface area contributed by atoms with Gasteiger partial charge in [-0.1, -0.05) is 17.7 Å². The van der Waals surface area contributed by atoms with E-state index >= 15 is 0 Å². The molecule has 160 valence electrons. The number of benzene rings is 1. The molecule has 1 aromatic heterocycles. The van der Waals surface area contributed by atoms with E-state index in [2.05, 4.69) is 18.3 Å². The lowest BCUT2D eigenvalue weighted by Crippen LogP contribution is -2.36. The van der Waals surface area contributed by atoms with Gasteiger partial charge in [-0.05, 0) is 57.7 Å². The molecule has 0 saturated heterocycles. The number of primary amides is 1. The van der Waals surface area contributed by atoms with Crippen molar-refractivity contribution in [2.24, 2.45) is 5.73 Å². The first-order valence-corrected chi connectivity index (χ1v) is 10.8. The average Bonchev–Trinajstić information content (AvgIpc) is 2.97. The zero-order chi connectivity index (χ0) is 22.0. The van der Waals surface area contributed by atoms with Gasteiger partial charge < -0.3 is 20.7 Å². The minimum atomic E-state index is -0.642. The van der Waals surface area contributed by atoms with Gasteiger partial charge in [0.2, 0.25) is 5.91 Å². The quantitative estimate of drug-likeness (QED) is 0.685. The molecule has 1 aliphatic heterocycles. The number of hydrogen-bond acceptors (Lipinski definition) is 6. The number of amides is 2. The fraction of sp³-hybridized carbons (Fsp3) is 0.409. The topological polar surface area (TPSA) is 102 Å². The van der Waals surface area contributed by atoms with Crippen molar-refractivity contribution in [2.45, 2.75) is 46.6 Å². The van der Waals surface area contributed by atoms with Crippen LogP contribution in [-0.4, -0.2) is 37.0 Å². The Labute approximate surface area is 180 Å². The zero-order valence-electron chi connectivity index (χ0n) is 17.7. The first-order valence-electron chi connectivity index (χ1n) is 9.96. The lowest BCUT2D eigenvalue weighted by molar-refractivity contribution is -0.115. The van der Waals surface area contributed by atoms with Crippen LogP contribution in [0.5, 0.6) is 0 Å². The second-order valence-electron chi connectivity index (χ2n) is 7.78. The van der Waals surface area contributed by atoms with Crippen molar-refractivity contribution in [1.82, 2.24) is 0 Å². The third kappa shape index (κ3) is 4.64. The Balaban J connectivity index is 1.83. The normalized spacial score (nSPS) is 13.2. The van der Waals surface area contributed by atoms with E-state index in [1.165, 1.54) is 11.1 Å². The molecule has 2 aromatic rings. The maximum absolute atomic E-state index is 12.8. The van der Waals surface area contributed by atoms with E-state index in [0.29, 0.717) is 5.56 Å². The van der Waals surface area contributed by atoms with Gasteiger partial charge >= 0.3 is 5.97 Å². The Morgan fingerprint density at radius 1 is 1.27 bits per heavy atom. The second-order valence-corrected chi connectivity index (χ2v) is 8.80. The number of carbonyl (C=O) groups excluding carboxylic acids is 3. The van der Waals surface area contributed by atoms with E-state index in [4.69, 9.17) is 10.5 Å². The van der Waals surface area contributed by atoms with Crippen molar-refractivity contribution in [2.75, 3.05) is 23.3 Å². The summed E-state index contributed by atoms with van der Waals surface area (Å²) in [5, 5.41) is 3.09. The molecule has 0 atom stereocenters. The number of carbonyl (C=O) groups is 3. The first-order chi connectivity index (χ1) is 14.2. The van der Waals surface area contributed by atoms with Crippen LogP contribution in [-0.2, 0) is 16.0 Å². The number of rotatable bonds is 6. The molecule has 30 heavy (non-hydrogen) atoms. The van der Waals surface area contributed by atoms with E-state index in [0.717, 1.165) is 36.4 Å². The van der Waals surface area contributed by atoms with Gasteiger partial charge in [-0.15, -0.1) is 11.3 Å². The van der Waals surface area contributed by atoms with Crippen molar-refractivity contribution in [3.8, 4) is 0 Å². The third-order valence-electron chi connectivity index (χ3n) is 4.95. The Bertz CT molecular complexity index is 997. The average molecular weight is 430 g/mol. The molecule has 7 nitrogen and oxygen atoms in total. The van der Waals surface area contributed by atoms with Gasteiger partial charge in [0.05, 0.1) is 23.1 Å². The number of nitrogens with two attached hydrogens (primary N) is 1. The van der Waals surface area contributed by atoms with Gasteiger partial charge in [0.1, 0.15) is 5.00 Å². The Hall–Kier alpha value is -2.87. The number of anilines is 2. The number of thiophene rings is 1. The van der Waals surface area contributed by atoms with Crippen LogP contribution >= 0.6 is 11.3 Å². The molecule has 3 N–H and O–H groups in total. The molecule has 0 aliphatic carbocycles. The second kappa shape index (κ2) is 8.87. The van der Waals surface area contributed by atoms with Gasteiger partial charge in [-0.2, -0.15) is 0 Å². The van der Waals surface area contributed by atoms with E-state index in [1.54, 1.807) is 20.8 Å². The van der Waals surface area contributed by atoms with Gasteiger partial charge in [-0.25, -0.2) is 4.79 Å². The third-order valence-corrected chi connectivity index (χ3v) is 6.18. The molecule has 0 saturated carbocycles. The van der Waals surface area contributed by atoms with E-state index < -0.39 is 11.9 Å². The van der Waals surface area contributed by atoms with Gasteiger partial charge in [-0.3, -0.25) is 9.59 Å². The molecule has 1 aliphatic rings. The summed E-state index contributed by atoms with van der Waals surface area (Å²) < 4.78 is 5.29. The molecule has 8 heteroatoms. The van der Waals surface area contributed by atoms with Crippen LogP contribution in [0.3, 0.4) is 0 Å².